The van der Waals surface area contributed by atoms with Crippen molar-refractivity contribution in [2.75, 3.05) is 30.8 Å². The summed E-state index contributed by atoms with van der Waals surface area (Å²) in [7, 11) is 1.50. The Morgan fingerprint density at radius 3 is 2.42 bits per heavy atom. The van der Waals surface area contributed by atoms with Crippen molar-refractivity contribution < 1.29 is 24.2 Å². The van der Waals surface area contributed by atoms with Gasteiger partial charge in [0.25, 0.3) is 0 Å². The number of aliphatic carboxylic acids is 1. The van der Waals surface area contributed by atoms with Crippen LogP contribution in [0.15, 0.2) is 42.5 Å². The van der Waals surface area contributed by atoms with E-state index in [-0.39, 0.29) is 18.7 Å². The van der Waals surface area contributed by atoms with E-state index in [0.29, 0.717) is 36.6 Å². The van der Waals surface area contributed by atoms with Gasteiger partial charge in [0.15, 0.2) is 0 Å². The second-order valence-electron chi connectivity index (χ2n) is 7.62. The van der Waals surface area contributed by atoms with Crippen LogP contribution in [-0.2, 0) is 16.0 Å². The molecule has 33 heavy (non-hydrogen) atoms. The molecule has 4 N–H and O–H groups in total. The number of urea groups is 1. The maximum atomic E-state index is 12.5. The number of rotatable bonds is 12. The summed E-state index contributed by atoms with van der Waals surface area (Å²) in [6.45, 7) is 4.99. The molecule has 0 unspecified atom stereocenters. The highest BCUT2D eigenvalue weighted by Gasteiger charge is 2.13. The topological polar surface area (TPSA) is 120 Å². The van der Waals surface area contributed by atoms with Crippen LogP contribution in [0.25, 0.3) is 0 Å². The lowest BCUT2D eigenvalue weighted by Gasteiger charge is -2.22. The third-order valence-electron chi connectivity index (χ3n) is 4.87. The Hall–Kier alpha value is -3.59. The minimum atomic E-state index is -0.855. The highest BCUT2D eigenvalue weighted by atomic mass is 16.5. The van der Waals surface area contributed by atoms with Crippen LogP contribution in [0.4, 0.5) is 16.2 Å². The van der Waals surface area contributed by atoms with Crippen LogP contribution in [-0.4, -0.2) is 48.2 Å². The van der Waals surface area contributed by atoms with Crippen LogP contribution >= 0.6 is 0 Å². The Labute approximate surface area is 194 Å². The molecule has 0 saturated heterocycles. The van der Waals surface area contributed by atoms with E-state index in [1.165, 1.54) is 7.11 Å². The molecule has 9 heteroatoms. The average molecular weight is 457 g/mol. The van der Waals surface area contributed by atoms with Crippen LogP contribution in [0.2, 0.25) is 0 Å². The zero-order valence-electron chi connectivity index (χ0n) is 19.3. The lowest BCUT2D eigenvalue weighted by molar-refractivity contribution is -0.137. The van der Waals surface area contributed by atoms with Gasteiger partial charge in [-0.05, 0) is 49.1 Å². The van der Waals surface area contributed by atoms with Gasteiger partial charge in [0.2, 0.25) is 5.91 Å². The second-order valence-corrected chi connectivity index (χ2v) is 7.62. The van der Waals surface area contributed by atoms with Gasteiger partial charge in [-0.2, -0.15) is 0 Å². The standard InChI is InChI=1S/C24H32N4O5/c1-4-13-28(14-7-10-23(30)31)27-22(29)16-18-11-12-20(21(15-18)33-3)26-24(32)25-19-9-6-5-8-17(19)2/h5-6,8-9,11-12,15H,4,7,10,13-14,16H2,1-3H3,(H,27,29)(H,30,31)(H2,25,26,32). The third kappa shape index (κ3) is 8.82. The lowest BCUT2D eigenvalue weighted by atomic mass is 10.1. The first kappa shape index (κ1) is 25.7. The first-order valence-electron chi connectivity index (χ1n) is 10.9. The second kappa shape index (κ2) is 13.1. The Kier molecular flexibility index (Phi) is 10.2. The van der Waals surface area contributed by atoms with Gasteiger partial charge in [-0.25, -0.2) is 9.80 Å². The van der Waals surface area contributed by atoms with Crippen molar-refractivity contribution in [1.29, 1.82) is 0 Å². The van der Waals surface area contributed by atoms with E-state index in [1.54, 1.807) is 23.2 Å². The lowest BCUT2D eigenvalue weighted by Crippen LogP contribution is -2.44. The van der Waals surface area contributed by atoms with Crippen LogP contribution < -0.4 is 20.8 Å². The van der Waals surface area contributed by atoms with Gasteiger partial charge in [-0.3, -0.25) is 15.0 Å². The van der Waals surface area contributed by atoms with Crippen molar-refractivity contribution >= 4 is 29.3 Å². The summed E-state index contributed by atoms with van der Waals surface area (Å²) in [5.74, 6) is -0.628. The van der Waals surface area contributed by atoms with Gasteiger partial charge in [0.05, 0.1) is 19.2 Å². The summed E-state index contributed by atoms with van der Waals surface area (Å²) in [5, 5.41) is 16.1. The number of anilines is 2. The number of carbonyl (C=O) groups is 3. The van der Waals surface area contributed by atoms with Gasteiger partial charge >= 0.3 is 12.0 Å². The summed E-state index contributed by atoms with van der Waals surface area (Å²) in [4.78, 5) is 35.6. The van der Waals surface area contributed by atoms with Gasteiger partial charge in [0, 0.05) is 25.2 Å². The van der Waals surface area contributed by atoms with E-state index in [2.05, 4.69) is 16.1 Å². The Morgan fingerprint density at radius 2 is 1.76 bits per heavy atom. The molecule has 0 aliphatic heterocycles. The third-order valence-corrected chi connectivity index (χ3v) is 4.87. The molecule has 0 aliphatic carbocycles. The number of hydrogen-bond donors (Lipinski definition) is 4. The summed E-state index contributed by atoms with van der Waals surface area (Å²) >= 11 is 0. The fourth-order valence-corrected chi connectivity index (χ4v) is 3.25. The van der Waals surface area contributed by atoms with E-state index in [4.69, 9.17) is 9.84 Å². The smallest absolute Gasteiger partial charge is 0.323 e. The average Bonchev–Trinajstić information content (AvgIpc) is 2.76. The Bertz CT molecular complexity index is 964. The summed E-state index contributed by atoms with van der Waals surface area (Å²) in [5.41, 5.74) is 5.69. The molecule has 0 spiro atoms. The molecule has 0 atom stereocenters. The minimum Gasteiger partial charge on any atom is -0.495 e. The molecule has 178 valence electrons. The minimum absolute atomic E-state index is 0.0547. The predicted molar refractivity (Wildman–Crippen MR) is 127 cm³/mol. The van der Waals surface area contributed by atoms with Crippen LogP contribution in [0, 0.1) is 6.92 Å². The Morgan fingerprint density at radius 1 is 1.03 bits per heavy atom. The molecular weight excluding hydrogens is 424 g/mol. The van der Waals surface area contributed by atoms with Crippen LogP contribution in [0.5, 0.6) is 5.75 Å². The first-order chi connectivity index (χ1) is 15.8. The molecular formula is C24H32N4O5. The highest BCUT2D eigenvalue weighted by molar-refractivity contribution is 6.01. The number of nitrogens with zero attached hydrogens (tertiary/aromatic N) is 1. The van der Waals surface area contributed by atoms with Gasteiger partial charge in [0.1, 0.15) is 5.75 Å². The van der Waals surface area contributed by atoms with E-state index in [1.807, 2.05) is 38.1 Å². The van der Waals surface area contributed by atoms with Gasteiger partial charge in [-0.15, -0.1) is 0 Å². The normalized spacial score (nSPS) is 10.5. The number of methoxy groups -OCH3 is 1. The zero-order valence-corrected chi connectivity index (χ0v) is 19.3. The predicted octanol–water partition coefficient (Wildman–Crippen LogP) is 3.80. The molecule has 9 nitrogen and oxygen atoms in total. The molecule has 0 aromatic heterocycles. The van der Waals surface area contributed by atoms with Crippen LogP contribution in [0.3, 0.4) is 0 Å². The Balaban J connectivity index is 1.97. The quantitative estimate of drug-likeness (QED) is 0.361. The maximum absolute atomic E-state index is 12.5. The number of carboxylic acids is 1. The highest BCUT2D eigenvalue weighted by Crippen LogP contribution is 2.26. The number of nitrogens with one attached hydrogen (secondary N) is 3. The van der Waals surface area contributed by atoms with Gasteiger partial charge in [-0.1, -0.05) is 31.2 Å². The monoisotopic (exact) mass is 456 g/mol. The van der Waals surface area contributed by atoms with Crippen LogP contribution in [0.1, 0.15) is 37.3 Å². The zero-order chi connectivity index (χ0) is 24.2. The largest absolute Gasteiger partial charge is 0.495 e. The number of aryl methyl sites for hydroxylation is 1. The number of carbonyl (C=O) groups excluding carboxylic acids is 2. The van der Waals surface area contributed by atoms with Crippen molar-refractivity contribution in [2.45, 2.75) is 39.5 Å². The summed E-state index contributed by atoms with van der Waals surface area (Å²) in [6, 6.07) is 12.2. The number of amides is 3. The van der Waals surface area contributed by atoms with Crippen molar-refractivity contribution in [3.05, 3.63) is 53.6 Å². The first-order valence-corrected chi connectivity index (χ1v) is 10.9. The van der Waals surface area contributed by atoms with E-state index < -0.39 is 12.0 Å². The van der Waals surface area contributed by atoms with Crippen molar-refractivity contribution in [1.82, 2.24) is 10.4 Å². The molecule has 0 bridgehead atoms. The number of hydrogen-bond acceptors (Lipinski definition) is 5. The summed E-state index contributed by atoms with van der Waals surface area (Å²) < 4.78 is 5.40. The number of hydrazine groups is 1. The molecule has 2 rings (SSSR count). The van der Waals surface area contributed by atoms with E-state index in [9.17, 15) is 14.4 Å². The molecule has 0 heterocycles. The van der Waals surface area contributed by atoms with Crippen molar-refractivity contribution in [3.63, 3.8) is 0 Å². The molecule has 2 aromatic rings. The molecule has 0 fully saturated rings. The fraction of sp³-hybridized carbons (Fsp3) is 0.375. The fourth-order valence-electron chi connectivity index (χ4n) is 3.25. The SMILES string of the molecule is CCCN(CCCC(=O)O)NC(=O)Cc1ccc(NC(=O)Nc2ccccc2C)c(OC)c1. The van der Waals surface area contributed by atoms with Gasteiger partial charge < -0.3 is 20.5 Å². The van der Waals surface area contributed by atoms with Crippen molar-refractivity contribution in [2.24, 2.45) is 0 Å². The maximum Gasteiger partial charge on any atom is 0.323 e. The number of ether oxygens (including phenoxy) is 1. The van der Waals surface area contributed by atoms with E-state index >= 15 is 0 Å². The number of para-hydroxylation sites is 1. The van der Waals surface area contributed by atoms with E-state index in [0.717, 1.165) is 17.5 Å². The summed E-state index contributed by atoms with van der Waals surface area (Å²) in [6.07, 6.45) is 1.45. The molecule has 0 aliphatic rings. The number of benzene rings is 2. The van der Waals surface area contributed by atoms with Crippen molar-refractivity contribution in [3.8, 4) is 5.75 Å². The molecule has 0 radical (unpaired) electrons. The molecule has 3 amide bonds. The number of carboxylic acid groups (broad SMARTS) is 1. The molecule has 2 aromatic carbocycles. The molecule has 0 saturated carbocycles.